The second-order valence-electron chi connectivity index (χ2n) is 5.30. The molecule has 0 amide bonds. The van der Waals surface area contributed by atoms with Crippen LogP contribution < -0.4 is 16.0 Å². The molecule has 1 atom stereocenters. The normalized spacial score (nSPS) is 15.6. The maximum atomic E-state index is 13.9. The Labute approximate surface area is 127 Å². The summed E-state index contributed by atoms with van der Waals surface area (Å²) < 4.78 is 18.9. The highest BCUT2D eigenvalue weighted by molar-refractivity contribution is 7.12. The maximum Gasteiger partial charge on any atom is 0.165 e. The number of halogens is 1. The van der Waals surface area contributed by atoms with Gasteiger partial charge < -0.3 is 4.74 Å². The minimum atomic E-state index is -0.364. The summed E-state index contributed by atoms with van der Waals surface area (Å²) in [5, 5.41) is 0. The number of benzene rings is 1. The lowest BCUT2D eigenvalue weighted by molar-refractivity contribution is 0.386. The molecule has 1 heterocycles. The lowest BCUT2D eigenvalue weighted by Crippen LogP contribution is -2.28. The molecule has 0 bridgehead atoms. The van der Waals surface area contributed by atoms with E-state index in [9.17, 15) is 4.39 Å². The van der Waals surface area contributed by atoms with E-state index in [1.54, 1.807) is 17.4 Å². The van der Waals surface area contributed by atoms with Gasteiger partial charge >= 0.3 is 0 Å². The maximum absolute atomic E-state index is 13.9. The zero-order valence-corrected chi connectivity index (χ0v) is 12.8. The van der Waals surface area contributed by atoms with Crippen molar-refractivity contribution in [2.75, 3.05) is 7.11 Å². The molecule has 21 heavy (non-hydrogen) atoms. The van der Waals surface area contributed by atoms with Gasteiger partial charge in [-0.3, -0.25) is 5.84 Å². The van der Waals surface area contributed by atoms with Crippen molar-refractivity contribution in [1.29, 1.82) is 0 Å². The monoisotopic (exact) mass is 306 g/mol. The van der Waals surface area contributed by atoms with Crippen LogP contribution in [0.2, 0.25) is 0 Å². The van der Waals surface area contributed by atoms with Gasteiger partial charge in [-0.15, -0.1) is 11.3 Å². The van der Waals surface area contributed by atoms with E-state index in [0.717, 1.165) is 23.3 Å². The molecule has 0 saturated heterocycles. The molecule has 3 rings (SSSR count). The second kappa shape index (κ2) is 6.13. The van der Waals surface area contributed by atoms with Crippen LogP contribution in [0.3, 0.4) is 0 Å². The lowest BCUT2D eigenvalue weighted by Gasteiger charge is -2.15. The fourth-order valence-electron chi connectivity index (χ4n) is 2.86. The number of ether oxygens (including phenoxy) is 1. The first-order chi connectivity index (χ1) is 10.2. The number of nitrogens with one attached hydrogen (secondary N) is 1. The molecule has 1 unspecified atom stereocenters. The number of fused-ring (bicyclic) bond motifs is 1. The molecule has 0 saturated carbocycles. The Hall–Kier alpha value is -1.43. The Balaban J connectivity index is 1.94. The number of rotatable bonds is 4. The number of hydrogen-bond acceptors (Lipinski definition) is 4. The quantitative estimate of drug-likeness (QED) is 0.673. The van der Waals surface area contributed by atoms with Crippen molar-refractivity contribution in [3.63, 3.8) is 0 Å². The molecular formula is C16H19FN2OS. The van der Waals surface area contributed by atoms with Crippen LogP contribution in [0, 0.1) is 5.82 Å². The number of methoxy groups -OCH3 is 1. The first-order valence-electron chi connectivity index (χ1n) is 7.14. The number of thiophene rings is 1. The summed E-state index contributed by atoms with van der Waals surface area (Å²) in [6, 6.07) is 7.02. The molecule has 3 N–H and O–H groups in total. The fraction of sp³-hybridized carbons (Fsp3) is 0.375. The molecule has 3 nitrogen and oxygen atoms in total. The molecule has 1 aromatic heterocycles. The fourth-order valence-corrected chi connectivity index (χ4v) is 4.21. The summed E-state index contributed by atoms with van der Waals surface area (Å²) in [6.45, 7) is 0. The van der Waals surface area contributed by atoms with E-state index in [2.05, 4.69) is 11.5 Å². The van der Waals surface area contributed by atoms with Gasteiger partial charge in [-0.1, -0.05) is 6.07 Å². The molecule has 0 aliphatic heterocycles. The van der Waals surface area contributed by atoms with Gasteiger partial charge in [0.05, 0.1) is 13.2 Å². The van der Waals surface area contributed by atoms with Crippen molar-refractivity contribution >= 4 is 11.3 Å². The molecule has 5 heteroatoms. The van der Waals surface area contributed by atoms with E-state index in [4.69, 9.17) is 10.6 Å². The van der Waals surface area contributed by atoms with E-state index < -0.39 is 0 Å². The second-order valence-corrected chi connectivity index (χ2v) is 6.47. The topological polar surface area (TPSA) is 47.3 Å². The van der Waals surface area contributed by atoms with Crippen LogP contribution >= 0.6 is 11.3 Å². The van der Waals surface area contributed by atoms with Crippen molar-refractivity contribution in [2.24, 2.45) is 5.84 Å². The van der Waals surface area contributed by atoms with Gasteiger partial charge in [-0.2, -0.15) is 0 Å². The average Bonchev–Trinajstić information content (AvgIpc) is 2.91. The summed E-state index contributed by atoms with van der Waals surface area (Å²) in [5.41, 5.74) is 5.05. The Kier molecular flexibility index (Phi) is 4.24. The highest BCUT2D eigenvalue weighted by Crippen LogP contribution is 2.35. The van der Waals surface area contributed by atoms with E-state index in [-0.39, 0.29) is 17.6 Å². The summed E-state index contributed by atoms with van der Waals surface area (Å²) in [6.07, 6.45) is 4.79. The third-order valence-corrected chi connectivity index (χ3v) is 5.28. The number of hydrazine groups is 1. The first kappa shape index (κ1) is 14.5. The van der Waals surface area contributed by atoms with E-state index in [0.29, 0.717) is 0 Å². The van der Waals surface area contributed by atoms with Crippen LogP contribution in [0.5, 0.6) is 5.75 Å². The Morgan fingerprint density at radius 2 is 2.10 bits per heavy atom. The summed E-state index contributed by atoms with van der Waals surface area (Å²) in [5.74, 6) is 5.60. The van der Waals surface area contributed by atoms with E-state index in [1.807, 2.05) is 6.07 Å². The summed E-state index contributed by atoms with van der Waals surface area (Å²) in [4.78, 5) is 2.60. The SMILES string of the molecule is COc1ccc(C(NN)c2cc3c(s2)CCCC3)cc1F. The Morgan fingerprint density at radius 3 is 2.76 bits per heavy atom. The molecule has 0 fully saturated rings. The molecule has 1 aliphatic rings. The molecule has 1 aliphatic carbocycles. The molecule has 1 aromatic carbocycles. The zero-order valence-electron chi connectivity index (χ0n) is 12.0. The summed E-state index contributed by atoms with van der Waals surface area (Å²) >= 11 is 1.78. The van der Waals surface area contributed by atoms with E-state index in [1.165, 1.54) is 36.5 Å². The van der Waals surface area contributed by atoms with E-state index >= 15 is 0 Å². The predicted octanol–water partition coefficient (Wildman–Crippen LogP) is 3.33. The third kappa shape index (κ3) is 2.81. The number of nitrogens with two attached hydrogens (primary N) is 1. The molecule has 0 spiro atoms. The molecule has 0 radical (unpaired) electrons. The van der Waals surface area contributed by atoms with Crippen molar-refractivity contribution < 1.29 is 9.13 Å². The highest BCUT2D eigenvalue weighted by Gasteiger charge is 2.20. The van der Waals surface area contributed by atoms with Crippen LogP contribution in [0.1, 0.15) is 39.8 Å². The molecule has 2 aromatic rings. The van der Waals surface area contributed by atoms with Crippen molar-refractivity contribution in [3.8, 4) is 5.75 Å². The summed E-state index contributed by atoms with van der Waals surface area (Å²) in [7, 11) is 1.46. The van der Waals surface area contributed by atoms with Crippen LogP contribution in [-0.4, -0.2) is 7.11 Å². The van der Waals surface area contributed by atoms with Crippen LogP contribution in [0.15, 0.2) is 24.3 Å². The third-order valence-electron chi connectivity index (χ3n) is 3.98. The highest BCUT2D eigenvalue weighted by atomic mass is 32.1. The van der Waals surface area contributed by atoms with Crippen LogP contribution in [0.25, 0.3) is 0 Å². The van der Waals surface area contributed by atoms with Gasteiger partial charge in [-0.05, 0) is 55.0 Å². The smallest absolute Gasteiger partial charge is 0.165 e. The zero-order chi connectivity index (χ0) is 14.8. The predicted molar refractivity (Wildman–Crippen MR) is 83.1 cm³/mol. The van der Waals surface area contributed by atoms with Gasteiger partial charge in [0.25, 0.3) is 0 Å². The number of hydrogen-bond donors (Lipinski definition) is 2. The molecular weight excluding hydrogens is 287 g/mol. The van der Waals surface area contributed by atoms with Crippen molar-refractivity contribution in [2.45, 2.75) is 31.7 Å². The Morgan fingerprint density at radius 1 is 1.29 bits per heavy atom. The van der Waals surface area contributed by atoms with Gasteiger partial charge in [0, 0.05) is 9.75 Å². The standard InChI is InChI=1S/C16H19FN2OS/c1-20-13-7-6-11(8-12(13)17)16(19-18)15-9-10-4-2-3-5-14(10)21-15/h6-9,16,19H,2-5,18H2,1H3. The minimum absolute atomic E-state index is 0.180. The average molecular weight is 306 g/mol. The van der Waals surface area contributed by atoms with Crippen LogP contribution in [-0.2, 0) is 12.8 Å². The minimum Gasteiger partial charge on any atom is -0.494 e. The van der Waals surface area contributed by atoms with Gasteiger partial charge in [0.2, 0.25) is 0 Å². The van der Waals surface area contributed by atoms with Gasteiger partial charge in [0.15, 0.2) is 11.6 Å². The van der Waals surface area contributed by atoms with Crippen molar-refractivity contribution in [1.82, 2.24) is 5.43 Å². The van der Waals surface area contributed by atoms with Gasteiger partial charge in [-0.25, -0.2) is 9.82 Å². The van der Waals surface area contributed by atoms with Gasteiger partial charge in [0.1, 0.15) is 0 Å². The van der Waals surface area contributed by atoms with Crippen molar-refractivity contribution in [3.05, 3.63) is 51.0 Å². The number of aryl methyl sites for hydroxylation is 2. The lowest BCUT2D eigenvalue weighted by atomic mass is 9.98. The largest absolute Gasteiger partial charge is 0.494 e. The molecule has 112 valence electrons. The Bertz CT molecular complexity index is 618. The van der Waals surface area contributed by atoms with Crippen LogP contribution in [0.4, 0.5) is 4.39 Å². The first-order valence-corrected chi connectivity index (χ1v) is 7.95.